The van der Waals surface area contributed by atoms with E-state index >= 15 is 0 Å². The van der Waals surface area contributed by atoms with E-state index in [4.69, 9.17) is 11.5 Å². The van der Waals surface area contributed by atoms with Gasteiger partial charge >= 0.3 is 10.1 Å². The Hall–Kier alpha value is -4.15. The van der Waals surface area contributed by atoms with Gasteiger partial charge < -0.3 is 22.1 Å². The Balaban J connectivity index is 1.74. The first-order valence-corrected chi connectivity index (χ1v) is 16.0. The summed E-state index contributed by atoms with van der Waals surface area (Å²) in [7, 11) is -7.60. The van der Waals surface area contributed by atoms with Gasteiger partial charge in [0, 0.05) is 23.4 Å². The van der Waals surface area contributed by atoms with Gasteiger partial charge in [-0.25, -0.2) is 13.3 Å². The first-order valence-electron chi connectivity index (χ1n) is 12.9. The summed E-state index contributed by atoms with van der Waals surface area (Å²) >= 11 is 0. The quantitative estimate of drug-likeness (QED) is 0.106. The number of hydrogen-bond donors (Lipinski definition) is 4. The summed E-state index contributed by atoms with van der Waals surface area (Å²) in [6.45, 7) is 3.35. The van der Waals surface area contributed by atoms with E-state index in [0.717, 1.165) is 13.2 Å². The first kappa shape index (κ1) is 31.8. The molecule has 6 N–H and O–H groups in total. The van der Waals surface area contributed by atoms with E-state index in [1.807, 2.05) is 0 Å². The van der Waals surface area contributed by atoms with Crippen molar-refractivity contribution in [3.8, 4) is 0 Å². The number of carbonyl (C=O) groups excluding carboxylic acids is 3. The van der Waals surface area contributed by atoms with Gasteiger partial charge in [-0.05, 0) is 30.2 Å². The number of amides is 1. The number of hydrogen-bond acceptors (Lipinski definition) is 12. The van der Waals surface area contributed by atoms with E-state index in [2.05, 4.69) is 19.9 Å². The van der Waals surface area contributed by atoms with Crippen LogP contribution in [0.3, 0.4) is 0 Å². The predicted octanol–water partition coefficient (Wildman–Crippen LogP) is 1.93. The van der Waals surface area contributed by atoms with E-state index in [1.54, 1.807) is 26.0 Å². The lowest BCUT2D eigenvalue weighted by Gasteiger charge is -2.24. The summed E-state index contributed by atoms with van der Waals surface area (Å²) in [4.78, 5) is 42.8. The number of fused-ring (bicyclic) bond motifs is 2. The Morgan fingerprint density at radius 3 is 2.16 bits per heavy atom. The van der Waals surface area contributed by atoms with Crippen LogP contribution >= 0.6 is 0 Å². The highest BCUT2D eigenvalue weighted by atomic mass is 32.2. The van der Waals surface area contributed by atoms with Crippen LogP contribution < -0.4 is 22.1 Å². The fourth-order valence-electron chi connectivity index (χ4n) is 4.50. The second-order valence-electron chi connectivity index (χ2n) is 10.0. The van der Waals surface area contributed by atoms with Crippen LogP contribution in [0.4, 0.5) is 17.1 Å². The van der Waals surface area contributed by atoms with Gasteiger partial charge in [-0.15, -0.1) is 4.33 Å². The smallest absolute Gasteiger partial charge is 0.325 e. The van der Waals surface area contributed by atoms with Crippen molar-refractivity contribution >= 4 is 54.5 Å². The van der Waals surface area contributed by atoms with Crippen molar-refractivity contribution in [1.29, 1.82) is 0 Å². The molecule has 0 aromatic heterocycles. The zero-order valence-corrected chi connectivity index (χ0v) is 25.0. The van der Waals surface area contributed by atoms with Gasteiger partial charge in [0.2, 0.25) is 5.91 Å². The molecule has 3 aromatic rings. The molecular weight excluding hydrogens is 600 g/mol. The molecule has 1 atom stereocenters. The molecule has 15 heteroatoms. The molecule has 228 valence electrons. The van der Waals surface area contributed by atoms with Crippen LogP contribution in [-0.2, 0) is 34.0 Å². The summed E-state index contributed by atoms with van der Waals surface area (Å²) in [6, 6.07) is 11.7. The number of benzene rings is 3. The Labute approximate surface area is 248 Å². The Morgan fingerprint density at radius 2 is 1.56 bits per heavy atom. The van der Waals surface area contributed by atoms with Crippen molar-refractivity contribution in [1.82, 2.24) is 5.32 Å². The molecule has 1 aliphatic rings. The molecule has 0 heterocycles. The van der Waals surface area contributed by atoms with Gasteiger partial charge in [-0.2, -0.15) is 8.42 Å². The molecular formula is C28H30N4O9S2. The van der Waals surface area contributed by atoms with E-state index in [0.29, 0.717) is 0 Å². The minimum absolute atomic E-state index is 0.0365. The highest BCUT2D eigenvalue weighted by Gasteiger charge is 2.37. The van der Waals surface area contributed by atoms with Crippen LogP contribution in [0.2, 0.25) is 0 Å². The zero-order chi connectivity index (χ0) is 31.7. The molecule has 3 aromatic carbocycles. The van der Waals surface area contributed by atoms with Gasteiger partial charge in [-0.1, -0.05) is 44.2 Å². The SMILES string of the molecule is COOS(=O)(=O)c1cc(Nc2cccc(S(=O)(=O)CCNC(=O)C(N)C(C)C)c2)c2c(c1N)C(=O)c1ccccc1C2=O. The Kier molecular flexibility index (Phi) is 9.03. The second-order valence-corrected chi connectivity index (χ2v) is 13.6. The molecule has 0 saturated carbocycles. The van der Waals surface area contributed by atoms with E-state index < -0.39 is 59.8 Å². The lowest BCUT2D eigenvalue weighted by Crippen LogP contribution is -2.45. The monoisotopic (exact) mass is 630 g/mol. The van der Waals surface area contributed by atoms with Crippen LogP contribution in [-0.4, -0.2) is 59.8 Å². The highest BCUT2D eigenvalue weighted by Crippen LogP contribution is 2.40. The lowest BCUT2D eigenvalue weighted by molar-refractivity contribution is -0.172. The molecule has 4 rings (SSSR count). The topological polar surface area (TPSA) is 214 Å². The average Bonchev–Trinajstić information content (AvgIpc) is 2.96. The number of nitrogens with one attached hydrogen (secondary N) is 2. The number of sulfone groups is 1. The molecule has 13 nitrogen and oxygen atoms in total. The fraction of sp³-hybridized carbons (Fsp3) is 0.250. The molecule has 0 fully saturated rings. The third kappa shape index (κ3) is 6.30. The van der Waals surface area contributed by atoms with E-state index in [9.17, 15) is 31.2 Å². The summed E-state index contributed by atoms with van der Waals surface area (Å²) in [5, 5.41) is 5.38. The molecule has 1 amide bonds. The van der Waals surface area contributed by atoms with Gasteiger partial charge in [-0.3, -0.25) is 14.4 Å². The summed E-state index contributed by atoms with van der Waals surface area (Å²) in [6.07, 6.45) is 0. The van der Waals surface area contributed by atoms with E-state index in [-0.39, 0.29) is 51.0 Å². The highest BCUT2D eigenvalue weighted by molar-refractivity contribution is 7.91. The summed E-state index contributed by atoms with van der Waals surface area (Å²) in [5.41, 5.74) is 11.0. The van der Waals surface area contributed by atoms with E-state index in [1.165, 1.54) is 36.4 Å². The first-order chi connectivity index (χ1) is 20.2. The molecule has 0 radical (unpaired) electrons. The molecule has 0 spiro atoms. The number of carbonyl (C=O) groups is 3. The molecule has 1 aliphatic carbocycles. The number of nitrogen functional groups attached to an aromatic ring is 1. The van der Waals surface area contributed by atoms with Crippen molar-refractivity contribution < 1.29 is 40.4 Å². The van der Waals surface area contributed by atoms with Crippen molar-refractivity contribution in [2.24, 2.45) is 11.7 Å². The maximum atomic E-state index is 13.6. The molecule has 43 heavy (non-hydrogen) atoms. The van der Waals surface area contributed by atoms with Crippen molar-refractivity contribution in [3.63, 3.8) is 0 Å². The molecule has 0 saturated heterocycles. The average molecular weight is 631 g/mol. The Bertz CT molecular complexity index is 1840. The second kappa shape index (κ2) is 12.2. The third-order valence-electron chi connectivity index (χ3n) is 6.79. The maximum Gasteiger partial charge on any atom is 0.325 e. The normalized spacial score (nSPS) is 13.8. The number of ketones is 2. The summed E-state index contributed by atoms with van der Waals surface area (Å²) < 4.78 is 56.2. The number of anilines is 3. The standard InChI is InChI=1S/C28H30N4O9S2/c1-15(2)24(29)28(35)31-11-12-42(36,37)17-8-6-7-16(13-17)32-20-14-21(43(38,39)41-40-3)25(30)23-22(20)26(33)18-9-4-5-10-19(18)27(23)34/h4-10,13-15,24,32H,11-12,29-30H2,1-3H3,(H,31,35). The van der Waals surface area contributed by atoms with Crippen molar-refractivity contribution in [3.05, 3.63) is 76.9 Å². The number of rotatable bonds is 11. The van der Waals surface area contributed by atoms with Gasteiger partial charge in [0.25, 0.3) is 0 Å². The molecule has 1 unspecified atom stereocenters. The van der Waals surface area contributed by atoms with Crippen LogP contribution in [0.5, 0.6) is 0 Å². The zero-order valence-electron chi connectivity index (χ0n) is 23.4. The molecule has 0 aliphatic heterocycles. The minimum Gasteiger partial charge on any atom is -0.397 e. The molecule has 0 bridgehead atoms. The predicted molar refractivity (Wildman–Crippen MR) is 157 cm³/mol. The van der Waals surface area contributed by atoms with Crippen LogP contribution in [0.15, 0.2) is 64.4 Å². The van der Waals surface area contributed by atoms with Crippen LogP contribution in [0.25, 0.3) is 0 Å². The third-order valence-corrected chi connectivity index (χ3v) is 9.70. The van der Waals surface area contributed by atoms with Crippen LogP contribution in [0, 0.1) is 5.92 Å². The van der Waals surface area contributed by atoms with Crippen molar-refractivity contribution in [2.75, 3.05) is 30.5 Å². The largest absolute Gasteiger partial charge is 0.397 e. The van der Waals surface area contributed by atoms with Gasteiger partial charge in [0.15, 0.2) is 21.4 Å². The summed E-state index contributed by atoms with van der Waals surface area (Å²) in [5.74, 6) is -2.32. The number of nitrogens with two attached hydrogens (primary N) is 2. The maximum absolute atomic E-state index is 13.6. The van der Waals surface area contributed by atoms with Gasteiger partial charge in [0.1, 0.15) is 4.90 Å². The Morgan fingerprint density at radius 1 is 0.930 bits per heavy atom. The minimum atomic E-state index is -4.66. The fourth-order valence-corrected chi connectivity index (χ4v) is 6.58. The van der Waals surface area contributed by atoms with Gasteiger partial charge in [0.05, 0.1) is 46.3 Å². The van der Waals surface area contributed by atoms with Crippen molar-refractivity contribution in [2.45, 2.75) is 29.7 Å². The van der Waals surface area contributed by atoms with Crippen LogP contribution in [0.1, 0.15) is 45.7 Å². The lowest BCUT2D eigenvalue weighted by atomic mass is 9.82.